The summed E-state index contributed by atoms with van der Waals surface area (Å²) in [6, 6.07) is 2.02. The Morgan fingerprint density at radius 3 is 2.74 bits per heavy atom. The van der Waals surface area contributed by atoms with Crippen LogP contribution in [0.15, 0.2) is 46.3 Å². The molecule has 0 spiro atoms. The molecule has 5 heteroatoms. The maximum Gasteiger partial charge on any atom is 0.334 e. The van der Waals surface area contributed by atoms with Crippen molar-refractivity contribution < 1.29 is 23.5 Å². The Morgan fingerprint density at radius 2 is 2.10 bits per heavy atom. The summed E-state index contributed by atoms with van der Waals surface area (Å²) in [6.07, 6.45) is 12.9. The van der Waals surface area contributed by atoms with E-state index < -0.39 is 5.41 Å². The van der Waals surface area contributed by atoms with Crippen LogP contribution in [0, 0.1) is 22.7 Å². The first-order chi connectivity index (χ1) is 14.8. The van der Waals surface area contributed by atoms with E-state index in [0.29, 0.717) is 17.1 Å². The van der Waals surface area contributed by atoms with Crippen molar-refractivity contribution >= 4 is 11.9 Å². The van der Waals surface area contributed by atoms with Gasteiger partial charge in [-0.2, -0.15) is 0 Å². The van der Waals surface area contributed by atoms with Crippen molar-refractivity contribution in [3.05, 3.63) is 47.5 Å². The zero-order valence-electron chi connectivity index (χ0n) is 19.5. The summed E-state index contributed by atoms with van der Waals surface area (Å²) in [5.41, 5.74) is 1.97. The van der Waals surface area contributed by atoms with E-state index in [9.17, 15) is 9.59 Å². The third-order valence-corrected chi connectivity index (χ3v) is 8.11. The molecule has 4 unspecified atom stereocenters. The van der Waals surface area contributed by atoms with Crippen LogP contribution >= 0.6 is 0 Å². The molecule has 1 fully saturated rings. The van der Waals surface area contributed by atoms with E-state index >= 15 is 0 Å². The number of carbonyl (C=O) groups excluding carboxylic acids is 2. The molecule has 1 heterocycles. The van der Waals surface area contributed by atoms with Gasteiger partial charge in [0, 0.05) is 16.6 Å². The number of fused-ring (bicyclic) bond motifs is 1. The van der Waals surface area contributed by atoms with Gasteiger partial charge in [0.2, 0.25) is 0 Å². The van der Waals surface area contributed by atoms with Gasteiger partial charge in [-0.25, -0.2) is 9.59 Å². The maximum atomic E-state index is 12.8. The minimum atomic E-state index is -0.507. The SMILES string of the molecule is CC=C(C)C(=O)OCC12CCC(C)C(C)(CCc3ccoc3)C1CCC=C2C(=O)OC. The van der Waals surface area contributed by atoms with Gasteiger partial charge in [-0.3, -0.25) is 0 Å². The number of rotatable bonds is 7. The summed E-state index contributed by atoms with van der Waals surface area (Å²) in [5.74, 6) is 0.121. The van der Waals surface area contributed by atoms with Crippen molar-refractivity contribution in [1.82, 2.24) is 0 Å². The van der Waals surface area contributed by atoms with Gasteiger partial charge in [-0.1, -0.05) is 26.0 Å². The normalized spacial score (nSPS) is 30.9. The van der Waals surface area contributed by atoms with Crippen molar-refractivity contribution in [1.29, 1.82) is 0 Å². The Kier molecular flexibility index (Phi) is 7.13. The number of hydrogen-bond acceptors (Lipinski definition) is 5. The highest BCUT2D eigenvalue weighted by Gasteiger charge is 2.58. The molecule has 1 saturated carbocycles. The molecule has 0 bridgehead atoms. The molecule has 1 aromatic rings. The molecule has 5 nitrogen and oxygen atoms in total. The van der Waals surface area contributed by atoms with Gasteiger partial charge in [0.15, 0.2) is 0 Å². The quantitative estimate of drug-likeness (QED) is 0.414. The van der Waals surface area contributed by atoms with Crippen molar-refractivity contribution in [2.75, 3.05) is 13.7 Å². The summed E-state index contributed by atoms with van der Waals surface area (Å²) in [7, 11) is 1.43. The minimum Gasteiger partial charge on any atom is -0.472 e. The second kappa shape index (κ2) is 9.46. The molecule has 0 aliphatic heterocycles. The van der Waals surface area contributed by atoms with Crippen LogP contribution in [0.25, 0.3) is 0 Å². The van der Waals surface area contributed by atoms with E-state index in [4.69, 9.17) is 13.9 Å². The van der Waals surface area contributed by atoms with Gasteiger partial charge in [0.1, 0.15) is 6.61 Å². The molecule has 3 rings (SSSR count). The first kappa shape index (κ1) is 23.4. The summed E-state index contributed by atoms with van der Waals surface area (Å²) < 4.78 is 16.3. The van der Waals surface area contributed by atoms with Crippen molar-refractivity contribution in [3.63, 3.8) is 0 Å². The highest BCUT2D eigenvalue weighted by atomic mass is 16.5. The molecule has 2 aliphatic carbocycles. The van der Waals surface area contributed by atoms with Gasteiger partial charge < -0.3 is 13.9 Å². The van der Waals surface area contributed by atoms with E-state index in [1.165, 1.54) is 12.7 Å². The number of ether oxygens (including phenoxy) is 2. The lowest BCUT2D eigenvalue weighted by Gasteiger charge is -2.58. The Balaban J connectivity index is 1.96. The fourth-order valence-corrected chi connectivity index (χ4v) is 5.82. The van der Waals surface area contributed by atoms with E-state index in [1.807, 2.05) is 25.3 Å². The predicted molar refractivity (Wildman–Crippen MR) is 119 cm³/mol. The average molecular weight is 429 g/mol. The zero-order chi connectivity index (χ0) is 22.6. The lowest BCUT2D eigenvalue weighted by molar-refractivity contribution is -0.155. The first-order valence-corrected chi connectivity index (χ1v) is 11.4. The van der Waals surface area contributed by atoms with Crippen molar-refractivity contribution in [2.45, 2.75) is 66.2 Å². The van der Waals surface area contributed by atoms with Gasteiger partial charge >= 0.3 is 11.9 Å². The number of aryl methyl sites for hydroxylation is 1. The predicted octanol–water partition coefficient (Wildman–Crippen LogP) is 5.65. The molecule has 31 heavy (non-hydrogen) atoms. The fourth-order valence-electron chi connectivity index (χ4n) is 5.82. The molecule has 0 radical (unpaired) electrons. The zero-order valence-corrected chi connectivity index (χ0v) is 19.5. The van der Waals surface area contributed by atoms with Gasteiger partial charge in [0.25, 0.3) is 0 Å². The summed E-state index contributed by atoms with van der Waals surface area (Å²) >= 11 is 0. The van der Waals surface area contributed by atoms with Crippen LogP contribution < -0.4 is 0 Å². The summed E-state index contributed by atoms with van der Waals surface area (Å²) in [6.45, 7) is 8.48. The average Bonchev–Trinajstić information content (AvgIpc) is 3.31. The number of allylic oxidation sites excluding steroid dienone is 2. The van der Waals surface area contributed by atoms with Crippen molar-refractivity contribution in [3.8, 4) is 0 Å². The molecular formula is C26H36O5. The Morgan fingerprint density at radius 1 is 1.32 bits per heavy atom. The highest BCUT2D eigenvalue weighted by molar-refractivity contribution is 5.91. The molecule has 0 N–H and O–H groups in total. The van der Waals surface area contributed by atoms with Crippen LogP contribution in [0.4, 0.5) is 0 Å². The van der Waals surface area contributed by atoms with Crippen LogP contribution in [-0.2, 0) is 25.5 Å². The molecule has 0 aromatic carbocycles. The van der Waals surface area contributed by atoms with Crippen LogP contribution in [0.3, 0.4) is 0 Å². The second-order valence-electron chi connectivity index (χ2n) is 9.52. The third kappa shape index (κ3) is 4.37. The van der Waals surface area contributed by atoms with Crippen LogP contribution in [0.2, 0.25) is 0 Å². The van der Waals surface area contributed by atoms with Crippen molar-refractivity contribution in [2.24, 2.45) is 22.7 Å². The van der Waals surface area contributed by atoms with Gasteiger partial charge in [-0.15, -0.1) is 0 Å². The molecule has 2 aliphatic rings. The highest BCUT2D eigenvalue weighted by Crippen LogP contribution is 2.62. The molecule has 0 amide bonds. The summed E-state index contributed by atoms with van der Waals surface area (Å²) in [4.78, 5) is 25.3. The molecule has 0 saturated heterocycles. The monoisotopic (exact) mass is 428 g/mol. The standard InChI is InChI=1S/C26H36O5/c1-6-18(2)23(27)31-17-26-14-10-19(3)25(4,13-11-20-12-15-30-16-20)22(26)9-7-8-21(26)24(28)29-5/h6,8,12,15-16,19,22H,7,9-11,13-14,17H2,1-5H3. The van der Waals surface area contributed by atoms with Crippen LogP contribution in [-0.4, -0.2) is 25.7 Å². The third-order valence-electron chi connectivity index (χ3n) is 8.11. The largest absolute Gasteiger partial charge is 0.472 e. The lowest BCUT2D eigenvalue weighted by Crippen LogP contribution is -2.54. The van der Waals surface area contributed by atoms with E-state index in [1.54, 1.807) is 19.3 Å². The van der Waals surface area contributed by atoms with E-state index in [0.717, 1.165) is 38.5 Å². The lowest BCUT2D eigenvalue weighted by atomic mass is 9.46. The Labute approximate surface area is 185 Å². The second-order valence-corrected chi connectivity index (χ2v) is 9.52. The topological polar surface area (TPSA) is 65.7 Å². The van der Waals surface area contributed by atoms with Crippen LogP contribution in [0.5, 0.6) is 0 Å². The summed E-state index contributed by atoms with van der Waals surface area (Å²) in [5, 5.41) is 0. The fraction of sp³-hybridized carbons (Fsp3) is 0.615. The molecule has 4 atom stereocenters. The minimum absolute atomic E-state index is 0.00506. The van der Waals surface area contributed by atoms with E-state index in [2.05, 4.69) is 13.8 Å². The number of carbonyl (C=O) groups is 2. The smallest absolute Gasteiger partial charge is 0.334 e. The van der Waals surface area contributed by atoms with Gasteiger partial charge in [-0.05, 0) is 81.3 Å². The molecule has 1 aromatic heterocycles. The Bertz CT molecular complexity index is 849. The Hall–Kier alpha value is -2.30. The number of esters is 2. The number of hydrogen-bond donors (Lipinski definition) is 0. The van der Waals surface area contributed by atoms with Gasteiger partial charge in [0.05, 0.1) is 19.6 Å². The van der Waals surface area contributed by atoms with Crippen LogP contribution in [0.1, 0.15) is 65.4 Å². The molecule has 170 valence electrons. The number of furan rings is 1. The maximum absolute atomic E-state index is 12.8. The van der Waals surface area contributed by atoms with E-state index in [-0.39, 0.29) is 29.9 Å². The molecular weight excluding hydrogens is 392 g/mol. The number of methoxy groups -OCH3 is 1. The first-order valence-electron chi connectivity index (χ1n) is 11.4.